The summed E-state index contributed by atoms with van der Waals surface area (Å²) in [5.41, 5.74) is 2.62. The molecule has 0 saturated heterocycles. The summed E-state index contributed by atoms with van der Waals surface area (Å²) in [6.45, 7) is 3.65. The molecule has 0 fully saturated rings. The normalized spacial score (nSPS) is 10.6. The fourth-order valence-electron chi connectivity index (χ4n) is 1.75. The summed E-state index contributed by atoms with van der Waals surface area (Å²) in [5.74, 6) is 0.458. The fraction of sp³-hybridized carbons (Fsp3) is 0.308. The van der Waals surface area contributed by atoms with Gasteiger partial charge in [0.1, 0.15) is 5.69 Å². The number of aliphatic hydroxyl groups excluding tert-OH is 1. The van der Waals surface area contributed by atoms with Crippen LogP contribution in [-0.2, 0) is 6.42 Å². The van der Waals surface area contributed by atoms with Gasteiger partial charge in [-0.05, 0) is 25.5 Å². The van der Waals surface area contributed by atoms with Crippen molar-refractivity contribution in [2.45, 2.75) is 20.3 Å². The first-order chi connectivity index (χ1) is 8.61. The van der Waals surface area contributed by atoms with E-state index in [0.29, 0.717) is 29.2 Å². The molecule has 2 aromatic heterocycles. The van der Waals surface area contributed by atoms with Gasteiger partial charge in [-0.3, -0.25) is 9.78 Å². The number of nitrogens with zero attached hydrogens (tertiary/aromatic N) is 2. The maximum atomic E-state index is 11.9. The Labute approximate surface area is 105 Å². The van der Waals surface area contributed by atoms with Crippen molar-refractivity contribution in [3.05, 3.63) is 45.5 Å². The standard InChI is InChI=1S/C13H15N3O2/c1-8-3-4-11(14-7-8)12-15-9(2)10(5-6-17)13(18)16-12/h3-4,7,17H,5-6H2,1-2H3,(H,15,16,18). The lowest BCUT2D eigenvalue weighted by atomic mass is 10.1. The minimum absolute atomic E-state index is 0.0618. The molecule has 94 valence electrons. The van der Waals surface area contributed by atoms with Gasteiger partial charge in [-0.25, -0.2) is 4.98 Å². The first kappa shape index (κ1) is 12.4. The Morgan fingerprint density at radius 2 is 2.11 bits per heavy atom. The first-order valence-electron chi connectivity index (χ1n) is 5.75. The molecule has 2 N–H and O–H groups in total. The van der Waals surface area contributed by atoms with Crippen LogP contribution in [0.4, 0.5) is 0 Å². The lowest BCUT2D eigenvalue weighted by Gasteiger charge is -2.05. The van der Waals surface area contributed by atoms with E-state index < -0.39 is 0 Å². The molecule has 0 aromatic carbocycles. The van der Waals surface area contributed by atoms with E-state index in [1.807, 2.05) is 19.1 Å². The van der Waals surface area contributed by atoms with Gasteiger partial charge in [0.25, 0.3) is 5.56 Å². The van der Waals surface area contributed by atoms with Crippen LogP contribution >= 0.6 is 0 Å². The largest absolute Gasteiger partial charge is 0.396 e. The quantitative estimate of drug-likeness (QED) is 0.845. The number of aryl methyl sites for hydroxylation is 2. The minimum atomic E-state index is -0.214. The predicted octanol–water partition coefficient (Wildman–Crippen LogP) is 0.984. The monoisotopic (exact) mass is 245 g/mol. The Morgan fingerprint density at radius 1 is 1.33 bits per heavy atom. The Bertz CT molecular complexity index is 603. The molecule has 2 rings (SSSR count). The topological polar surface area (TPSA) is 78.9 Å². The Morgan fingerprint density at radius 3 is 2.67 bits per heavy atom. The maximum Gasteiger partial charge on any atom is 0.254 e. The number of aliphatic hydroxyl groups is 1. The van der Waals surface area contributed by atoms with E-state index >= 15 is 0 Å². The molecule has 0 bridgehead atoms. The van der Waals surface area contributed by atoms with Crippen LogP contribution in [0.1, 0.15) is 16.8 Å². The summed E-state index contributed by atoms with van der Waals surface area (Å²) in [5, 5.41) is 8.89. The van der Waals surface area contributed by atoms with Gasteiger partial charge in [0.2, 0.25) is 0 Å². The Kier molecular flexibility index (Phi) is 3.53. The van der Waals surface area contributed by atoms with Gasteiger partial charge in [-0.15, -0.1) is 0 Å². The molecule has 0 unspecified atom stereocenters. The molecular weight excluding hydrogens is 230 g/mol. The van der Waals surface area contributed by atoms with Gasteiger partial charge in [-0.2, -0.15) is 0 Å². The molecule has 0 saturated carbocycles. The minimum Gasteiger partial charge on any atom is -0.396 e. The number of hydrogen-bond acceptors (Lipinski definition) is 4. The van der Waals surface area contributed by atoms with E-state index in [0.717, 1.165) is 5.56 Å². The average molecular weight is 245 g/mol. The van der Waals surface area contributed by atoms with Crippen molar-refractivity contribution >= 4 is 0 Å². The highest BCUT2D eigenvalue weighted by molar-refractivity contribution is 5.49. The molecule has 0 aliphatic rings. The third-order valence-electron chi connectivity index (χ3n) is 2.74. The zero-order valence-corrected chi connectivity index (χ0v) is 10.4. The van der Waals surface area contributed by atoms with Crippen molar-refractivity contribution in [1.29, 1.82) is 0 Å². The maximum absolute atomic E-state index is 11.9. The van der Waals surface area contributed by atoms with Gasteiger partial charge in [0.05, 0.1) is 0 Å². The second kappa shape index (κ2) is 5.10. The van der Waals surface area contributed by atoms with Crippen LogP contribution in [0.2, 0.25) is 0 Å². The number of nitrogens with one attached hydrogen (secondary N) is 1. The van der Waals surface area contributed by atoms with Crippen LogP contribution in [0.3, 0.4) is 0 Å². The van der Waals surface area contributed by atoms with Crippen molar-refractivity contribution < 1.29 is 5.11 Å². The number of aromatic amines is 1. The first-order valence-corrected chi connectivity index (χ1v) is 5.75. The van der Waals surface area contributed by atoms with Crippen LogP contribution in [0.5, 0.6) is 0 Å². The van der Waals surface area contributed by atoms with E-state index in [9.17, 15) is 4.79 Å². The summed E-state index contributed by atoms with van der Waals surface area (Å²) in [6, 6.07) is 3.73. The van der Waals surface area contributed by atoms with E-state index in [1.165, 1.54) is 0 Å². The summed E-state index contributed by atoms with van der Waals surface area (Å²) in [6.07, 6.45) is 2.04. The van der Waals surface area contributed by atoms with Crippen LogP contribution in [0, 0.1) is 13.8 Å². The number of H-pyrrole nitrogens is 1. The van der Waals surface area contributed by atoms with E-state index in [-0.39, 0.29) is 12.2 Å². The van der Waals surface area contributed by atoms with E-state index in [1.54, 1.807) is 13.1 Å². The highest BCUT2D eigenvalue weighted by Gasteiger charge is 2.09. The second-order valence-electron chi connectivity index (χ2n) is 4.17. The van der Waals surface area contributed by atoms with Crippen molar-refractivity contribution in [3.8, 4) is 11.5 Å². The predicted molar refractivity (Wildman–Crippen MR) is 68.4 cm³/mol. The third-order valence-corrected chi connectivity index (χ3v) is 2.74. The molecule has 5 nitrogen and oxygen atoms in total. The zero-order chi connectivity index (χ0) is 13.1. The molecule has 0 aliphatic heterocycles. The highest BCUT2D eigenvalue weighted by atomic mass is 16.3. The lowest BCUT2D eigenvalue weighted by molar-refractivity contribution is 0.298. The van der Waals surface area contributed by atoms with Crippen LogP contribution in [0.25, 0.3) is 11.5 Å². The van der Waals surface area contributed by atoms with Crippen molar-refractivity contribution in [2.75, 3.05) is 6.61 Å². The molecule has 0 atom stereocenters. The molecule has 0 aliphatic carbocycles. The number of pyridine rings is 1. The molecule has 2 aromatic rings. The molecule has 5 heteroatoms. The second-order valence-corrected chi connectivity index (χ2v) is 4.17. The molecular formula is C13H15N3O2. The van der Waals surface area contributed by atoms with Crippen molar-refractivity contribution in [2.24, 2.45) is 0 Å². The summed E-state index contributed by atoms with van der Waals surface area (Å²) >= 11 is 0. The van der Waals surface area contributed by atoms with Crippen molar-refractivity contribution in [3.63, 3.8) is 0 Å². The Hall–Kier alpha value is -2.01. The SMILES string of the molecule is Cc1ccc(-c2nc(C)c(CCO)c(=O)[nH]2)nc1. The average Bonchev–Trinajstić information content (AvgIpc) is 2.34. The van der Waals surface area contributed by atoms with Gasteiger partial charge < -0.3 is 10.1 Å². The fourth-order valence-corrected chi connectivity index (χ4v) is 1.75. The molecule has 2 heterocycles. The van der Waals surface area contributed by atoms with Crippen LogP contribution in [-0.4, -0.2) is 26.7 Å². The smallest absolute Gasteiger partial charge is 0.254 e. The van der Waals surface area contributed by atoms with Gasteiger partial charge in [0.15, 0.2) is 5.82 Å². The molecule has 0 amide bonds. The van der Waals surface area contributed by atoms with Crippen LogP contribution in [0.15, 0.2) is 23.1 Å². The molecule has 0 radical (unpaired) electrons. The molecule has 18 heavy (non-hydrogen) atoms. The van der Waals surface area contributed by atoms with Crippen LogP contribution < -0.4 is 5.56 Å². The van der Waals surface area contributed by atoms with Gasteiger partial charge in [0, 0.05) is 30.5 Å². The molecule has 0 spiro atoms. The third kappa shape index (κ3) is 2.46. The van der Waals surface area contributed by atoms with E-state index in [4.69, 9.17) is 5.11 Å². The number of rotatable bonds is 3. The zero-order valence-electron chi connectivity index (χ0n) is 10.4. The number of aromatic nitrogens is 3. The Balaban J connectivity index is 2.48. The summed E-state index contributed by atoms with van der Waals surface area (Å²) < 4.78 is 0. The highest BCUT2D eigenvalue weighted by Crippen LogP contribution is 2.12. The summed E-state index contributed by atoms with van der Waals surface area (Å²) in [4.78, 5) is 23.1. The van der Waals surface area contributed by atoms with Gasteiger partial charge >= 0.3 is 0 Å². The van der Waals surface area contributed by atoms with Gasteiger partial charge in [-0.1, -0.05) is 6.07 Å². The van der Waals surface area contributed by atoms with Crippen molar-refractivity contribution in [1.82, 2.24) is 15.0 Å². The number of hydrogen-bond donors (Lipinski definition) is 2. The summed E-state index contributed by atoms with van der Waals surface area (Å²) in [7, 11) is 0. The lowest BCUT2D eigenvalue weighted by Crippen LogP contribution is -2.18. The van der Waals surface area contributed by atoms with E-state index in [2.05, 4.69) is 15.0 Å².